The monoisotopic (exact) mass is 376 g/mol. The summed E-state index contributed by atoms with van der Waals surface area (Å²) in [5.74, 6) is 6.92. The van der Waals surface area contributed by atoms with Gasteiger partial charge in [-0.3, -0.25) is 4.40 Å². The van der Waals surface area contributed by atoms with Crippen molar-refractivity contribution in [1.29, 1.82) is 0 Å². The molecule has 0 spiro atoms. The molecule has 0 saturated carbocycles. The molecule has 0 saturated heterocycles. The van der Waals surface area contributed by atoms with Crippen molar-refractivity contribution in [2.24, 2.45) is 0 Å². The number of benzene rings is 1. The van der Waals surface area contributed by atoms with Crippen molar-refractivity contribution in [1.82, 2.24) is 9.38 Å². The Kier molecular flexibility index (Phi) is 5.55. The van der Waals surface area contributed by atoms with Gasteiger partial charge in [-0.2, -0.15) is 24.9 Å². The van der Waals surface area contributed by atoms with Gasteiger partial charge < -0.3 is 5.11 Å². The first kappa shape index (κ1) is 18.4. The number of fused-ring (bicyclic) bond motifs is 1. The van der Waals surface area contributed by atoms with Gasteiger partial charge in [-0.05, 0) is 36.3 Å². The number of hydrogen-bond acceptors (Lipinski definition) is 3. The number of rotatable bonds is 4. The molecule has 2 heterocycles. The molecule has 3 aromatic rings. The van der Waals surface area contributed by atoms with Crippen LogP contribution in [0.3, 0.4) is 0 Å². The van der Waals surface area contributed by atoms with E-state index < -0.39 is 11.7 Å². The number of imidazole rings is 1. The maximum Gasteiger partial charge on any atom is 0.416 e. The third kappa shape index (κ3) is 4.21. The molecule has 3 nitrogen and oxygen atoms in total. The fourth-order valence-electron chi connectivity index (χ4n) is 2.42. The first-order valence-corrected chi connectivity index (χ1v) is 8.98. The molecule has 1 N–H and O–H groups in total. The van der Waals surface area contributed by atoms with Crippen LogP contribution in [0.2, 0.25) is 0 Å². The maximum atomic E-state index is 12.8. The second kappa shape index (κ2) is 7.85. The first-order chi connectivity index (χ1) is 12.5. The van der Waals surface area contributed by atoms with Gasteiger partial charge in [0, 0.05) is 23.3 Å². The van der Waals surface area contributed by atoms with Crippen LogP contribution in [0, 0.1) is 11.8 Å². The Bertz CT molecular complexity index is 970. The third-order valence-electron chi connectivity index (χ3n) is 3.59. The maximum absolute atomic E-state index is 12.8. The highest BCUT2D eigenvalue weighted by Gasteiger charge is 2.30. The topological polar surface area (TPSA) is 37.5 Å². The molecule has 3 rings (SSSR count). The highest BCUT2D eigenvalue weighted by molar-refractivity contribution is 7.98. The number of thioether (sulfide) groups is 1. The summed E-state index contributed by atoms with van der Waals surface area (Å²) >= 11 is 1.52. The van der Waals surface area contributed by atoms with Crippen LogP contribution in [0.4, 0.5) is 13.2 Å². The lowest BCUT2D eigenvalue weighted by molar-refractivity contribution is -0.137. The summed E-state index contributed by atoms with van der Waals surface area (Å²) in [6.45, 7) is 0.0727. The van der Waals surface area contributed by atoms with Gasteiger partial charge in [0.25, 0.3) is 0 Å². The van der Waals surface area contributed by atoms with Gasteiger partial charge in [0.15, 0.2) is 0 Å². The fourth-order valence-corrected chi connectivity index (χ4v) is 3.08. The van der Waals surface area contributed by atoms with Crippen molar-refractivity contribution in [3.05, 3.63) is 71.2 Å². The molecule has 26 heavy (non-hydrogen) atoms. The third-order valence-corrected chi connectivity index (χ3v) is 4.54. The number of pyridine rings is 1. The van der Waals surface area contributed by atoms with Crippen LogP contribution in [0.25, 0.3) is 5.65 Å². The van der Waals surface area contributed by atoms with Crippen LogP contribution in [-0.4, -0.2) is 26.9 Å². The summed E-state index contributed by atoms with van der Waals surface area (Å²) in [6.07, 6.45) is -2.58. The average Bonchev–Trinajstić information content (AvgIpc) is 2.97. The minimum Gasteiger partial charge on any atom is -0.396 e. The average molecular weight is 376 g/mol. The Morgan fingerprint density at radius 2 is 1.96 bits per heavy atom. The zero-order chi connectivity index (χ0) is 18.6. The van der Waals surface area contributed by atoms with Crippen molar-refractivity contribution in [2.75, 3.05) is 12.4 Å². The largest absolute Gasteiger partial charge is 0.416 e. The smallest absolute Gasteiger partial charge is 0.396 e. The lowest BCUT2D eigenvalue weighted by atomic mass is 10.1. The van der Waals surface area contributed by atoms with Gasteiger partial charge in [-0.15, -0.1) is 0 Å². The van der Waals surface area contributed by atoms with Crippen LogP contribution in [0.5, 0.6) is 0 Å². The van der Waals surface area contributed by atoms with E-state index in [4.69, 9.17) is 5.11 Å². The van der Waals surface area contributed by atoms with Crippen LogP contribution < -0.4 is 0 Å². The molecule has 0 unspecified atom stereocenters. The molecular weight excluding hydrogens is 361 g/mol. The molecule has 0 amide bonds. The molecular formula is C19H15F3N2OS. The van der Waals surface area contributed by atoms with E-state index in [9.17, 15) is 13.2 Å². The van der Waals surface area contributed by atoms with E-state index in [1.807, 2.05) is 28.8 Å². The van der Waals surface area contributed by atoms with Crippen LogP contribution in [0.1, 0.15) is 22.5 Å². The SMILES string of the molecule is OCCSCc1nc2ccccn2c1C#Cc1cccc(C(F)(F)F)c1. The molecule has 1 aromatic carbocycles. The van der Waals surface area contributed by atoms with E-state index >= 15 is 0 Å². The van der Waals surface area contributed by atoms with E-state index in [2.05, 4.69) is 16.8 Å². The predicted molar refractivity (Wildman–Crippen MR) is 95.9 cm³/mol. The summed E-state index contributed by atoms with van der Waals surface area (Å²) in [4.78, 5) is 4.53. The Hall–Kier alpha value is -2.43. The molecule has 2 aromatic heterocycles. The molecule has 0 fully saturated rings. The summed E-state index contributed by atoms with van der Waals surface area (Å²) < 4.78 is 40.3. The molecule has 0 atom stereocenters. The van der Waals surface area contributed by atoms with Gasteiger partial charge in [0.2, 0.25) is 0 Å². The van der Waals surface area contributed by atoms with Crippen molar-refractivity contribution in [3.8, 4) is 11.8 Å². The first-order valence-electron chi connectivity index (χ1n) is 7.83. The lowest BCUT2D eigenvalue weighted by Crippen LogP contribution is -2.04. The number of aromatic nitrogens is 2. The number of halogens is 3. The molecule has 0 aliphatic heterocycles. The second-order valence-electron chi connectivity index (χ2n) is 5.44. The van der Waals surface area contributed by atoms with E-state index in [1.165, 1.54) is 17.8 Å². The highest BCUT2D eigenvalue weighted by Crippen LogP contribution is 2.29. The number of aliphatic hydroxyl groups excluding tert-OH is 1. The molecule has 134 valence electrons. The number of aliphatic hydroxyl groups is 1. The Morgan fingerprint density at radius 1 is 1.12 bits per heavy atom. The quantitative estimate of drug-likeness (QED) is 0.553. The molecule has 7 heteroatoms. The normalized spacial score (nSPS) is 11.4. The lowest BCUT2D eigenvalue weighted by Gasteiger charge is -2.05. The van der Waals surface area contributed by atoms with Crippen LogP contribution in [0.15, 0.2) is 48.7 Å². The standard InChI is InChI=1S/C19H15F3N2OS/c20-19(21,22)15-5-3-4-14(12-15)7-8-17-16(13-26-11-10-25)23-18-6-1-2-9-24(17)18/h1-6,9,12,25H,10-11,13H2. The van der Waals surface area contributed by atoms with Gasteiger partial charge in [-0.25, -0.2) is 4.98 Å². The summed E-state index contributed by atoms with van der Waals surface area (Å²) in [5.41, 5.74) is 1.68. The van der Waals surface area contributed by atoms with Crippen LogP contribution in [-0.2, 0) is 11.9 Å². The van der Waals surface area contributed by atoms with Crippen molar-refractivity contribution in [3.63, 3.8) is 0 Å². The van der Waals surface area contributed by atoms with E-state index in [0.717, 1.165) is 23.5 Å². The highest BCUT2D eigenvalue weighted by atomic mass is 32.2. The summed E-state index contributed by atoms with van der Waals surface area (Å²) in [6, 6.07) is 10.5. The molecule has 0 aliphatic carbocycles. The minimum atomic E-state index is -4.40. The van der Waals surface area contributed by atoms with Gasteiger partial charge in [0.05, 0.1) is 17.9 Å². The zero-order valence-electron chi connectivity index (χ0n) is 13.6. The van der Waals surface area contributed by atoms with Gasteiger partial charge in [0.1, 0.15) is 11.3 Å². The Labute approximate surface area is 152 Å². The minimum absolute atomic E-state index is 0.0727. The van der Waals surface area contributed by atoms with Crippen molar-refractivity contribution >= 4 is 17.4 Å². The Morgan fingerprint density at radius 3 is 2.73 bits per heavy atom. The number of nitrogens with zero attached hydrogens (tertiary/aromatic N) is 2. The summed E-state index contributed by atoms with van der Waals surface area (Å²) in [7, 11) is 0. The van der Waals surface area contributed by atoms with Crippen LogP contribution >= 0.6 is 11.8 Å². The van der Waals surface area contributed by atoms with Gasteiger partial charge in [-0.1, -0.05) is 18.1 Å². The fraction of sp³-hybridized carbons (Fsp3) is 0.211. The van der Waals surface area contributed by atoms with E-state index in [1.54, 1.807) is 6.07 Å². The van der Waals surface area contributed by atoms with Crippen molar-refractivity contribution < 1.29 is 18.3 Å². The van der Waals surface area contributed by atoms with E-state index in [0.29, 0.717) is 22.8 Å². The molecule has 0 aliphatic rings. The second-order valence-corrected chi connectivity index (χ2v) is 6.55. The van der Waals surface area contributed by atoms with Gasteiger partial charge >= 0.3 is 6.18 Å². The predicted octanol–water partition coefficient (Wildman–Crippen LogP) is 3.98. The zero-order valence-corrected chi connectivity index (χ0v) is 14.4. The van der Waals surface area contributed by atoms with E-state index in [-0.39, 0.29) is 6.61 Å². The molecule has 0 bridgehead atoms. The Balaban J connectivity index is 1.98. The number of hydrogen-bond donors (Lipinski definition) is 1. The number of alkyl halides is 3. The molecule has 0 radical (unpaired) electrons. The summed E-state index contributed by atoms with van der Waals surface area (Å²) in [5, 5.41) is 8.93. The van der Waals surface area contributed by atoms with Crippen molar-refractivity contribution in [2.45, 2.75) is 11.9 Å².